The lowest BCUT2D eigenvalue weighted by Gasteiger charge is -2.20. The van der Waals surface area contributed by atoms with Crippen LogP contribution in [0.1, 0.15) is 34.9 Å². The van der Waals surface area contributed by atoms with E-state index in [1.807, 2.05) is 0 Å². The second-order valence-corrected chi connectivity index (χ2v) is 3.65. The van der Waals surface area contributed by atoms with E-state index in [1.165, 1.54) is 0 Å². The molecule has 0 saturated carbocycles. The maximum absolute atomic E-state index is 11.0. The van der Waals surface area contributed by atoms with Crippen molar-refractivity contribution in [3.63, 3.8) is 0 Å². The number of nitrogens with zero attached hydrogens (tertiary/aromatic N) is 1. The Balaban J connectivity index is 2.24. The second kappa shape index (κ2) is 3.90. The molecule has 0 bridgehead atoms. The minimum absolute atomic E-state index is 0.205. The van der Waals surface area contributed by atoms with E-state index in [0.717, 1.165) is 18.5 Å². The molecule has 1 amide bonds. The summed E-state index contributed by atoms with van der Waals surface area (Å²) in [6.45, 7) is 1.42. The standard InChI is InChI=1S/C9H14N4O2/c10-6-7(5-1-3-15-4-2-5)12-13-8(6)9(11)14/h5H,1-4,10H2,(H2,11,14)(H,12,13). The summed E-state index contributed by atoms with van der Waals surface area (Å²) in [5.74, 6) is -0.304. The Bertz CT molecular complexity index is 368. The number of nitrogens with two attached hydrogens (primary N) is 2. The van der Waals surface area contributed by atoms with Crippen LogP contribution in [-0.2, 0) is 4.74 Å². The average molecular weight is 210 g/mol. The first-order valence-electron chi connectivity index (χ1n) is 4.91. The molecule has 6 nitrogen and oxygen atoms in total. The Labute approximate surface area is 87.0 Å². The van der Waals surface area contributed by atoms with Gasteiger partial charge < -0.3 is 16.2 Å². The third kappa shape index (κ3) is 1.80. The third-order valence-electron chi connectivity index (χ3n) is 2.69. The van der Waals surface area contributed by atoms with Gasteiger partial charge >= 0.3 is 0 Å². The topological polar surface area (TPSA) is 107 Å². The Morgan fingerprint density at radius 2 is 2.13 bits per heavy atom. The number of carbonyl (C=O) groups is 1. The molecular weight excluding hydrogens is 196 g/mol. The lowest BCUT2D eigenvalue weighted by Crippen LogP contribution is -2.16. The van der Waals surface area contributed by atoms with Gasteiger partial charge in [-0.2, -0.15) is 5.10 Å². The van der Waals surface area contributed by atoms with Crippen molar-refractivity contribution >= 4 is 11.6 Å². The normalized spacial score (nSPS) is 17.9. The van der Waals surface area contributed by atoms with Crippen LogP contribution in [-0.4, -0.2) is 29.3 Å². The third-order valence-corrected chi connectivity index (χ3v) is 2.69. The van der Waals surface area contributed by atoms with Crippen LogP contribution in [0, 0.1) is 0 Å². The summed E-state index contributed by atoms with van der Waals surface area (Å²) in [4.78, 5) is 11.0. The van der Waals surface area contributed by atoms with Gasteiger partial charge in [-0.25, -0.2) is 0 Å². The van der Waals surface area contributed by atoms with Crippen LogP contribution >= 0.6 is 0 Å². The SMILES string of the molecule is NC(=O)c1[nH]nc(C2CCOCC2)c1N. The molecule has 0 aromatic carbocycles. The van der Waals surface area contributed by atoms with E-state index in [2.05, 4.69) is 10.2 Å². The molecule has 2 heterocycles. The number of nitrogen functional groups attached to an aromatic ring is 1. The molecule has 82 valence electrons. The molecule has 1 saturated heterocycles. The Morgan fingerprint density at radius 3 is 2.67 bits per heavy atom. The molecule has 1 aromatic heterocycles. The molecule has 0 aliphatic carbocycles. The van der Waals surface area contributed by atoms with Crippen molar-refractivity contribution < 1.29 is 9.53 Å². The summed E-state index contributed by atoms with van der Waals surface area (Å²) in [5.41, 5.74) is 12.3. The number of nitrogens with one attached hydrogen (secondary N) is 1. The van der Waals surface area contributed by atoms with Crippen LogP contribution in [0.5, 0.6) is 0 Å². The van der Waals surface area contributed by atoms with Gasteiger partial charge in [-0.15, -0.1) is 0 Å². The van der Waals surface area contributed by atoms with Crippen molar-refractivity contribution in [3.8, 4) is 0 Å². The summed E-state index contributed by atoms with van der Waals surface area (Å²) in [7, 11) is 0. The minimum atomic E-state index is -0.571. The molecule has 1 aromatic rings. The molecule has 1 aliphatic heterocycles. The highest BCUT2D eigenvalue weighted by Crippen LogP contribution is 2.30. The van der Waals surface area contributed by atoms with Crippen LogP contribution in [0.3, 0.4) is 0 Å². The maximum Gasteiger partial charge on any atom is 0.268 e. The number of aromatic amines is 1. The minimum Gasteiger partial charge on any atom is -0.395 e. The molecule has 6 heteroatoms. The highest BCUT2D eigenvalue weighted by molar-refractivity contribution is 5.96. The zero-order chi connectivity index (χ0) is 10.8. The van der Waals surface area contributed by atoms with Gasteiger partial charge in [-0.05, 0) is 12.8 Å². The number of rotatable bonds is 2. The molecule has 0 spiro atoms. The summed E-state index contributed by atoms with van der Waals surface area (Å²) in [5, 5.41) is 6.63. The van der Waals surface area contributed by atoms with Gasteiger partial charge in [0.2, 0.25) is 0 Å². The van der Waals surface area contributed by atoms with Crippen LogP contribution in [0.25, 0.3) is 0 Å². The van der Waals surface area contributed by atoms with Gasteiger partial charge in [0.15, 0.2) is 0 Å². The number of carbonyl (C=O) groups excluding carboxylic acids is 1. The van der Waals surface area contributed by atoms with Gasteiger partial charge in [0, 0.05) is 19.1 Å². The first-order valence-corrected chi connectivity index (χ1v) is 4.91. The van der Waals surface area contributed by atoms with Crippen LogP contribution in [0.4, 0.5) is 5.69 Å². The van der Waals surface area contributed by atoms with Gasteiger partial charge in [-0.3, -0.25) is 9.89 Å². The highest BCUT2D eigenvalue weighted by Gasteiger charge is 2.23. The van der Waals surface area contributed by atoms with E-state index in [0.29, 0.717) is 18.9 Å². The van der Waals surface area contributed by atoms with Crippen LogP contribution in [0.2, 0.25) is 0 Å². The number of primary amides is 1. The largest absolute Gasteiger partial charge is 0.395 e. The predicted octanol–water partition coefficient (Wildman–Crippen LogP) is -0.0152. The van der Waals surface area contributed by atoms with Gasteiger partial charge in [0.05, 0.1) is 11.4 Å². The highest BCUT2D eigenvalue weighted by atomic mass is 16.5. The van der Waals surface area contributed by atoms with Crippen LogP contribution < -0.4 is 11.5 Å². The van der Waals surface area contributed by atoms with Crippen molar-refractivity contribution in [1.29, 1.82) is 0 Å². The van der Waals surface area contributed by atoms with E-state index in [4.69, 9.17) is 16.2 Å². The average Bonchev–Trinajstić information content (AvgIpc) is 2.61. The van der Waals surface area contributed by atoms with Crippen molar-refractivity contribution in [2.45, 2.75) is 18.8 Å². The fraction of sp³-hybridized carbons (Fsp3) is 0.556. The summed E-state index contributed by atoms with van der Waals surface area (Å²) >= 11 is 0. The fourth-order valence-corrected chi connectivity index (χ4v) is 1.83. The zero-order valence-electron chi connectivity index (χ0n) is 8.32. The molecule has 2 rings (SSSR count). The number of hydrogen-bond donors (Lipinski definition) is 3. The Kier molecular flexibility index (Phi) is 2.59. The van der Waals surface area contributed by atoms with E-state index in [9.17, 15) is 4.79 Å². The van der Waals surface area contributed by atoms with Crippen LogP contribution in [0.15, 0.2) is 0 Å². The maximum atomic E-state index is 11.0. The molecule has 1 aliphatic rings. The molecule has 15 heavy (non-hydrogen) atoms. The van der Waals surface area contributed by atoms with E-state index in [1.54, 1.807) is 0 Å². The quantitative estimate of drug-likeness (QED) is 0.637. The molecule has 0 radical (unpaired) electrons. The molecule has 0 atom stereocenters. The van der Waals surface area contributed by atoms with Gasteiger partial charge in [0.1, 0.15) is 5.69 Å². The van der Waals surface area contributed by atoms with Gasteiger partial charge in [-0.1, -0.05) is 0 Å². The predicted molar refractivity (Wildman–Crippen MR) is 54.3 cm³/mol. The summed E-state index contributed by atoms with van der Waals surface area (Å²) < 4.78 is 5.24. The van der Waals surface area contributed by atoms with Crippen molar-refractivity contribution in [2.24, 2.45) is 5.73 Å². The number of H-pyrrole nitrogens is 1. The van der Waals surface area contributed by atoms with E-state index >= 15 is 0 Å². The number of anilines is 1. The Morgan fingerprint density at radius 1 is 1.47 bits per heavy atom. The summed E-state index contributed by atoms with van der Waals surface area (Å²) in [6, 6.07) is 0. The second-order valence-electron chi connectivity index (χ2n) is 3.65. The van der Waals surface area contributed by atoms with E-state index < -0.39 is 5.91 Å². The molecule has 1 fully saturated rings. The lowest BCUT2D eigenvalue weighted by molar-refractivity contribution is 0.0846. The monoisotopic (exact) mass is 210 g/mol. The molecule has 5 N–H and O–H groups in total. The Hall–Kier alpha value is -1.56. The summed E-state index contributed by atoms with van der Waals surface area (Å²) in [6.07, 6.45) is 1.76. The first kappa shape index (κ1) is 9.97. The molecule has 0 unspecified atom stereocenters. The van der Waals surface area contributed by atoms with E-state index in [-0.39, 0.29) is 11.6 Å². The number of amides is 1. The first-order chi connectivity index (χ1) is 7.20. The van der Waals surface area contributed by atoms with Crippen molar-refractivity contribution in [2.75, 3.05) is 18.9 Å². The number of aromatic nitrogens is 2. The molecular formula is C9H14N4O2. The van der Waals surface area contributed by atoms with Crippen molar-refractivity contribution in [3.05, 3.63) is 11.4 Å². The fourth-order valence-electron chi connectivity index (χ4n) is 1.83. The number of ether oxygens (including phenoxy) is 1. The smallest absolute Gasteiger partial charge is 0.268 e. The van der Waals surface area contributed by atoms with Gasteiger partial charge in [0.25, 0.3) is 5.91 Å². The van der Waals surface area contributed by atoms with Crippen molar-refractivity contribution in [1.82, 2.24) is 10.2 Å². The number of hydrogen-bond acceptors (Lipinski definition) is 4. The zero-order valence-corrected chi connectivity index (χ0v) is 8.32. The lowest BCUT2D eigenvalue weighted by atomic mass is 9.95.